The van der Waals surface area contributed by atoms with Gasteiger partial charge in [-0.2, -0.15) is 0 Å². The summed E-state index contributed by atoms with van der Waals surface area (Å²) in [6, 6.07) is 9.24. The maximum atomic E-state index is 8.82. The van der Waals surface area contributed by atoms with E-state index in [9.17, 15) is 0 Å². The smallest absolute Gasteiger partial charge is 0.175 e. The lowest BCUT2D eigenvalue weighted by atomic mass is 10.2. The molecule has 4 nitrogen and oxygen atoms in total. The lowest BCUT2D eigenvalue weighted by Gasteiger charge is -2.16. The molecular formula is C18H20BrCl2NO3. The summed E-state index contributed by atoms with van der Waals surface area (Å²) >= 11 is 15.9. The Kier molecular flexibility index (Phi) is 8.33. The summed E-state index contributed by atoms with van der Waals surface area (Å²) in [5, 5.41) is 13.2. The Hall–Kier alpha value is -0.980. The Labute approximate surface area is 166 Å². The molecule has 0 unspecified atom stereocenters. The van der Waals surface area contributed by atoms with E-state index in [4.69, 9.17) is 37.8 Å². The molecule has 0 radical (unpaired) electrons. The lowest BCUT2D eigenvalue weighted by Crippen LogP contribution is -2.15. The molecule has 0 spiro atoms. The number of rotatable bonds is 9. The lowest BCUT2D eigenvalue weighted by molar-refractivity contribution is 0.282. The third kappa shape index (κ3) is 5.76. The molecule has 2 rings (SSSR count). The van der Waals surface area contributed by atoms with Crippen molar-refractivity contribution in [3.05, 3.63) is 56.0 Å². The number of hydrogen-bond acceptors (Lipinski definition) is 4. The number of aliphatic hydroxyl groups excluding tert-OH is 1. The van der Waals surface area contributed by atoms with E-state index in [0.717, 1.165) is 28.6 Å². The number of hydrogen-bond donors (Lipinski definition) is 2. The molecule has 7 heteroatoms. The van der Waals surface area contributed by atoms with E-state index in [2.05, 4.69) is 21.2 Å². The van der Waals surface area contributed by atoms with Crippen molar-refractivity contribution in [1.82, 2.24) is 5.32 Å². The molecule has 0 atom stereocenters. The third-order valence-electron chi connectivity index (χ3n) is 3.55. The highest BCUT2D eigenvalue weighted by molar-refractivity contribution is 9.10. The van der Waals surface area contributed by atoms with Crippen molar-refractivity contribution < 1.29 is 14.6 Å². The van der Waals surface area contributed by atoms with Crippen LogP contribution in [0.15, 0.2) is 34.8 Å². The summed E-state index contributed by atoms with van der Waals surface area (Å²) in [7, 11) is 1.60. The van der Waals surface area contributed by atoms with Crippen molar-refractivity contribution in [2.45, 2.75) is 19.6 Å². The van der Waals surface area contributed by atoms with Crippen molar-refractivity contribution in [2.24, 2.45) is 0 Å². The highest BCUT2D eigenvalue weighted by atomic mass is 79.9. The summed E-state index contributed by atoms with van der Waals surface area (Å²) in [4.78, 5) is 0. The monoisotopic (exact) mass is 447 g/mol. The molecule has 0 aliphatic heterocycles. The fraction of sp³-hybridized carbons (Fsp3) is 0.333. The van der Waals surface area contributed by atoms with Gasteiger partial charge < -0.3 is 19.9 Å². The quantitative estimate of drug-likeness (QED) is 0.540. The molecule has 0 heterocycles. The van der Waals surface area contributed by atoms with E-state index >= 15 is 0 Å². The van der Waals surface area contributed by atoms with Gasteiger partial charge in [0, 0.05) is 28.8 Å². The predicted molar refractivity (Wildman–Crippen MR) is 105 cm³/mol. The second-order valence-electron chi connectivity index (χ2n) is 5.35. The zero-order valence-electron chi connectivity index (χ0n) is 13.8. The fourth-order valence-electron chi connectivity index (χ4n) is 2.27. The maximum absolute atomic E-state index is 8.82. The van der Waals surface area contributed by atoms with Crippen molar-refractivity contribution >= 4 is 39.1 Å². The second kappa shape index (κ2) is 10.2. The average Bonchev–Trinajstić information content (AvgIpc) is 2.59. The number of ether oxygens (including phenoxy) is 2. The molecule has 0 aromatic heterocycles. The van der Waals surface area contributed by atoms with Gasteiger partial charge in [-0.1, -0.05) is 29.3 Å². The molecule has 0 aliphatic carbocycles. The first-order valence-electron chi connectivity index (χ1n) is 7.80. The van der Waals surface area contributed by atoms with Gasteiger partial charge >= 0.3 is 0 Å². The fourth-order valence-corrected chi connectivity index (χ4v) is 3.38. The molecule has 0 bridgehead atoms. The minimum atomic E-state index is 0.178. The summed E-state index contributed by atoms with van der Waals surface area (Å²) < 4.78 is 12.2. The van der Waals surface area contributed by atoms with E-state index in [-0.39, 0.29) is 13.2 Å². The van der Waals surface area contributed by atoms with Gasteiger partial charge in [-0.25, -0.2) is 0 Å². The Morgan fingerprint density at radius 3 is 2.56 bits per heavy atom. The van der Waals surface area contributed by atoms with Gasteiger partial charge in [-0.15, -0.1) is 0 Å². The van der Waals surface area contributed by atoms with Crippen LogP contribution in [0.3, 0.4) is 0 Å². The maximum Gasteiger partial charge on any atom is 0.175 e. The highest BCUT2D eigenvalue weighted by Gasteiger charge is 2.14. The number of methoxy groups -OCH3 is 1. The minimum Gasteiger partial charge on any atom is -0.493 e. The van der Waals surface area contributed by atoms with E-state index in [1.54, 1.807) is 25.3 Å². The van der Waals surface area contributed by atoms with Crippen LogP contribution in [0.25, 0.3) is 0 Å². The summed E-state index contributed by atoms with van der Waals surface area (Å²) in [6.45, 7) is 1.84. The van der Waals surface area contributed by atoms with Crippen LogP contribution in [0, 0.1) is 0 Å². The number of nitrogens with one attached hydrogen (secondary N) is 1. The third-order valence-corrected chi connectivity index (χ3v) is 4.85. The van der Waals surface area contributed by atoms with Crippen molar-refractivity contribution in [2.75, 3.05) is 20.3 Å². The molecule has 0 amide bonds. The summed E-state index contributed by atoms with van der Waals surface area (Å²) in [6.07, 6.45) is 0.720. The molecular weight excluding hydrogens is 429 g/mol. The first-order valence-corrected chi connectivity index (χ1v) is 9.35. The molecule has 0 saturated heterocycles. The largest absolute Gasteiger partial charge is 0.493 e. The topological polar surface area (TPSA) is 50.7 Å². The van der Waals surface area contributed by atoms with E-state index in [1.807, 2.05) is 12.1 Å². The predicted octanol–water partition coefficient (Wildman–Crippen LogP) is 4.82. The second-order valence-corrected chi connectivity index (χ2v) is 7.02. The van der Waals surface area contributed by atoms with E-state index < -0.39 is 0 Å². The van der Waals surface area contributed by atoms with Gasteiger partial charge in [0.15, 0.2) is 11.5 Å². The van der Waals surface area contributed by atoms with E-state index in [1.165, 1.54) is 0 Å². The van der Waals surface area contributed by atoms with Crippen molar-refractivity contribution in [3.63, 3.8) is 0 Å². The standard InChI is InChI=1S/C18H20BrCl2NO3/c1-24-17-9-12(10-22-6-3-7-23)8-14(19)18(17)25-11-13-15(20)4-2-5-16(13)21/h2,4-5,8-9,22-23H,3,6-7,10-11H2,1H3. The minimum absolute atomic E-state index is 0.178. The van der Waals surface area contributed by atoms with E-state index in [0.29, 0.717) is 28.1 Å². The van der Waals surface area contributed by atoms with Gasteiger partial charge in [0.1, 0.15) is 6.61 Å². The van der Waals surface area contributed by atoms with Crippen LogP contribution in [0.2, 0.25) is 10.0 Å². The normalized spacial score (nSPS) is 10.8. The summed E-state index contributed by atoms with van der Waals surface area (Å²) in [5.74, 6) is 1.22. The zero-order valence-corrected chi connectivity index (χ0v) is 16.9. The Balaban J connectivity index is 2.12. The molecule has 0 fully saturated rings. The molecule has 2 aromatic carbocycles. The SMILES string of the molecule is COc1cc(CNCCCO)cc(Br)c1OCc1c(Cl)cccc1Cl. The van der Waals surface area contributed by atoms with Crippen molar-refractivity contribution in [3.8, 4) is 11.5 Å². The Morgan fingerprint density at radius 2 is 1.92 bits per heavy atom. The molecule has 0 saturated carbocycles. The van der Waals surface area contributed by atoms with Crippen LogP contribution in [0.4, 0.5) is 0 Å². The van der Waals surface area contributed by atoms with Gasteiger partial charge in [-0.3, -0.25) is 0 Å². The number of halogens is 3. The summed E-state index contributed by atoms with van der Waals surface area (Å²) in [5.41, 5.74) is 1.78. The van der Waals surface area contributed by atoms with Crippen LogP contribution in [0.5, 0.6) is 11.5 Å². The van der Waals surface area contributed by atoms with Crippen LogP contribution in [0.1, 0.15) is 17.5 Å². The van der Waals surface area contributed by atoms with Crippen LogP contribution in [-0.4, -0.2) is 25.4 Å². The number of aliphatic hydroxyl groups is 1. The molecule has 2 N–H and O–H groups in total. The van der Waals surface area contributed by atoms with Crippen LogP contribution < -0.4 is 14.8 Å². The van der Waals surface area contributed by atoms with Crippen LogP contribution in [-0.2, 0) is 13.2 Å². The van der Waals surface area contributed by atoms with Gasteiger partial charge in [0.25, 0.3) is 0 Å². The molecule has 2 aromatic rings. The Bertz CT molecular complexity index is 693. The van der Waals surface area contributed by atoms with Gasteiger partial charge in [-0.05, 0) is 58.7 Å². The molecule has 0 aliphatic rings. The average molecular weight is 449 g/mol. The molecule has 25 heavy (non-hydrogen) atoms. The zero-order chi connectivity index (χ0) is 18.2. The first kappa shape index (κ1) is 20.3. The molecule has 136 valence electrons. The van der Waals surface area contributed by atoms with Crippen LogP contribution >= 0.6 is 39.1 Å². The van der Waals surface area contributed by atoms with Gasteiger partial charge in [0.05, 0.1) is 11.6 Å². The van der Waals surface area contributed by atoms with Gasteiger partial charge in [0.2, 0.25) is 0 Å². The number of benzene rings is 2. The highest BCUT2D eigenvalue weighted by Crippen LogP contribution is 2.38. The first-order chi connectivity index (χ1) is 12.1. The van der Waals surface area contributed by atoms with Crippen molar-refractivity contribution in [1.29, 1.82) is 0 Å². The Morgan fingerprint density at radius 1 is 1.20 bits per heavy atom.